The molecule has 0 bridgehead atoms. The van der Waals surface area contributed by atoms with Crippen LogP contribution in [0.4, 0.5) is 5.82 Å². The first kappa shape index (κ1) is 14.2. The summed E-state index contributed by atoms with van der Waals surface area (Å²) in [4.78, 5) is 30.2. The summed E-state index contributed by atoms with van der Waals surface area (Å²) < 4.78 is 0.863. The highest BCUT2D eigenvalue weighted by atomic mass is 79.9. The zero-order valence-corrected chi connectivity index (χ0v) is 13.1. The first-order chi connectivity index (χ1) is 8.77. The number of imide groups is 1. The van der Waals surface area contributed by atoms with Gasteiger partial charge in [0.25, 0.3) is 0 Å². The fraction of sp³-hybridized carbons (Fsp3) is 0.500. The number of aromatic nitrogens is 1. The second kappa shape index (κ2) is 4.71. The first-order valence-corrected chi connectivity index (χ1v) is 7.07. The number of carbonyl (C=O) groups is 2. The van der Waals surface area contributed by atoms with Crippen LogP contribution < -0.4 is 4.90 Å². The van der Waals surface area contributed by atoms with Crippen molar-refractivity contribution in [2.24, 2.45) is 11.3 Å². The molecule has 0 saturated carbocycles. The molecule has 2 rings (SSSR count). The van der Waals surface area contributed by atoms with Gasteiger partial charge in [-0.05, 0) is 47.8 Å². The molecule has 0 radical (unpaired) electrons. The van der Waals surface area contributed by atoms with E-state index in [0.717, 1.165) is 10.2 Å². The van der Waals surface area contributed by atoms with E-state index in [1.165, 1.54) is 4.90 Å². The molecule has 0 aliphatic carbocycles. The van der Waals surface area contributed by atoms with Gasteiger partial charge in [0.1, 0.15) is 5.82 Å². The topological polar surface area (TPSA) is 50.3 Å². The predicted octanol–water partition coefficient (Wildman–Crippen LogP) is 3.08. The van der Waals surface area contributed by atoms with E-state index in [1.54, 1.807) is 6.07 Å². The minimum Gasteiger partial charge on any atom is -0.274 e. The maximum absolute atomic E-state index is 12.5. The van der Waals surface area contributed by atoms with Crippen molar-refractivity contribution >= 4 is 33.6 Å². The Bertz CT molecular complexity index is 556. The lowest BCUT2D eigenvalue weighted by Gasteiger charge is -2.25. The molecule has 19 heavy (non-hydrogen) atoms. The molecule has 1 saturated heterocycles. The minimum atomic E-state index is -0.625. The Morgan fingerprint density at radius 2 is 2.00 bits per heavy atom. The molecule has 1 aromatic heterocycles. The van der Waals surface area contributed by atoms with Crippen molar-refractivity contribution in [2.45, 2.75) is 34.1 Å². The van der Waals surface area contributed by atoms with Crippen LogP contribution in [0.25, 0.3) is 0 Å². The number of nitrogens with zero attached hydrogens (tertiary/aromatic N) is 2. The molecule has 0 spiro atoms. The van der Waals surface area contributed by atoms with Crippen molar-refractivity contribution < 1.29 is 9.59 Å². The predicted molar refractivity (Wildman–Crippen MR) is 76.7 cm³/mol. The molecule has 1 aliphatic heterocycles. The SMILES string of the molecule is Cc1nc(N2C(=O)CC(C)(C(C)C)C2=O)ccc1Br. The molecule has 1 unspecified atom stereocenters. The molecule has 1 aliphatic rings. The van der Waals surface area contributed by atoms with Crippen LogP contribution in [0.5, 0.6) is 0 Å². The molecule has 2 amide bonds. The van der Waals surface area contributed by atoms with Crippen LogP contribution in [0.1, 0.15) is 32.9 Å². The van der Waals surface area contributed by atoms with Crippen molar-refractivity contribution in [3.63, 3.8) is 0 Å². The normalized spacial score (nSPS) is 23.6. The molecule has 1 fully saturated rings. The molecule has 0 N–H and O–H groups in total. The third kappa shape index (κ3) is 2.20. The average Bonchev–Trinajstić information content (AvgIpc) is 2.55. The Morgan fingerprint density at radius 1 is 1.37 bits per heavy atom. The summed E-state index contributed by atoms with van der Waals surface area (Å²) in [5, 5.41) is 0. The Labute approximate surface area is 121 Å². The van der Waals surface area contributed by atoms with Gasteiger partial charge < -0.3 is 0 Å². The minimum absolute atomic E-state index is 0.116. The van der Waals surface area contributed by atoms with Crippen LogP contribution in [-0.2, 0) is 9.59 Å². The summed E-state index contributed by atoms with van der Waals surface area (Å²) >= 11 is 3.36. The van der Waals surface area contributed by atoms with E-state index in [4.69, 9.17) is 0 Å². The zero-order chi connectivity index (χ0) is 14.4. The maximum atomic E-state index is 12.5. The van der Waals surface area contributed by atoms with E-state index in [9.17, 15) is 9.59 Å². The molecule has 1 atom stereocenters. The standard InChI is InChI=1S/C14H17BrN2O2/c1-8(2)14(4)7-12(18)17(13(14)19)11-6-5-10(15)9(3)16-11/h5-6,8H,7H2,1-4H3. The second-order valence-electron chi connectivity index (χ2n) is 5.52. The fourth-order valence-corrected chi connectivity index (χ4v) is 2.40. The largest absolute Gasteiger partial charge is 0.274 e. The maximum Gasteiger partial charge on any atom is 0.241 e. The highest BCUT2D eigenvalue weighted by molar-refractivity contribution is 9.10. The highest BCUT2D eigenvalue weighted by Crippen LogP contribution is 2.40. The van der Waals surface area contributed by atoms with Gasteiger partial charge in [-0.25, -0.2) is 9.88 Å². The van der Waals surface area contributed by atoms with Crippen LogP contribution in [0.15, 0.2) is 16.6 Å². The number of rotatable bonds is 2. The lowest BCUT2D eigenvalue weighted by atomic mass is 9.78. The van der Waals surface area contributed by atoms with Gasteiger partial charge in [-0.3, -0.25) is 9.59 Å². The third-order valence-electron chi connectivity index (χ3n) is 3.97. The molecule has 0 aromatic carbocycles. The molecular formula is C14H17BrN2O2. The van der Waals surface area contributed by atoms with Gasteiger partial charge >= 0.3 is 0 Å². The molecule has 1 aromatic rings. The lowest BCUT2D eigenvalue weighted by Crippen LogP contribution is -2.37. The van der Waals surface area contributed by atoms with Crippen LogP contribution >= 0.6 is 15.9 Å². The Kier molecular flexibility index (Phi) is 3.51. The van der Waals surface area contributed by atoms with Gasteiger partial charge in [-0.2, -0.15) is 0 Å². The van der Waals surface area contributed by atoms with Crippen LogP contribution in [-0.4, -0.2) is 16.8 Å². The number of pyridine rings is 1. The third-order valence-corrected chi connectivity index (χ3v) is 4.81. The monoisotopic (exact) mass is 324 g/mol. The Hall–Kier alpha value is -1.23. The first-order valence-electron chi connectivity index (χ1n) is 6.28. The molecule has 5 heteroatoms. The Balaban J connectivity index is 2.43. The van der Waals surface area contributed by atoms with Crippen molar-refractivity contribution in [3.05, 3.63) is 22.3 Å². The van der Waals surface area contributed by atoms with Crippen molar-refractivity contribution in [3.8, 4) is 0 Å². The smallest absolute Gasteiger partial charge is 0.241 e. The van der Waals surface area contributed by atoms with Crippen molar-refractivity contribution in [1.82, 2.24) is 4.98 Å². The fourth-order valence-electron chi connectivity index (χ4n) is 2.18. The van der Waals surface area contributed by atoms with Crippen molar-refractivity contribution in [1.29, 1.82) is 0 Å². The lowest BCUT2D eigenvalue weighted by molar-refractivity contribution is -0.126. The van der Waals surface area contributed by atoms with Gasteiger partial charge in [0.15, 0.2) is 0 Å². The van der Waals surface area contributed by atoms with Crippen LogP contribution in [0, 0.1) is 18.3 Å². The number of hydrogen-bond donors (Lipinski definition) is 0. The molecule has 2 heterocycles. The van der Waals surface area contributed by atoms with Gasteiger partial charge in [0.05, 0.1) is 11.1 Å². The average molecular weight is 325 g/mol. The van der Waals surface area contributed by atoms with E-state index >= 15 is 0 Å². The quantitative estimate of drug-likeness (QED) is 0.785. The number of aryl methyl sites for hydroxylation is 1. The zero-order valence-electron chi connectivity index (χ0n) is 11.5. The molecule has 4 nitrogen and oxygen atoms in total. The Morgan fingerprint density at radius 3 is 2.47 bits per heavy atom. The number of carbonyl (C=O) groups excluding carboxylic acids is 2. The summed E-state index contributed by atoms with van der Waals surface area (Å²) in [5.41, 5.74) is 0.135. The molecular weight excluding hydrogens is 308 g/mol. The van der Waals surface area contributed by atoms with E-state index in [1.807, 2.05) is 33.8 Å². The van der Waals surface area contributed by atoms with E-state index in [0.29, 0.717) is 5.82 Å². The summed E-state index contributed by atoms with van der Waals surface area (Å²) in [6.45, 7) is 7.62. The summed E-state index contributed by atoms with van der Waals surface area (Å²) in [6, 6.07) is 3.50. The van der Waals surface area contributed by atoms with Crippen LogP contribution in [0.2, 0.25) is 0 Å². The van der Waals surface area contributed by atoms with Gasteiger partial charge in [-0.15, -0.1) is 0 Å². The second-order valence-corrected chi connectivity index (χ2v) is 6.37. The summed E-state index contributed by atoms with van der Waals surface area (Å²) in [7, 11) is 0. The van der Waals surface area contributed by atoms with Gasteiger partial charge in [0.2, 0.25) is 11.8 Å². The van der Waals surface area contributed by atoms with E-state index in [-0.39, 0.29) is 24.2 Å². The van der Waals surface area contributed by atoms with E-state index in [2.05, 4.69) is 20.9 Å². The van der Waals surface area contributed by atoms with Gasteiger partial charge in [-0.1, -0.05) is 13.8 Å². The number of hydrogen-bond acceptors (Lipinski definition) is 3. The van der Waals surface area contributed by atoms with Crippen LogP contribution in [0.3, 0.4) is 0 Å². The number of halogens is 1. The summed E-state index contributed by atoms with van der Waals surface area (Å²) in [5.74, 6) is 0.211. The van der Waals surface area contributed by atoms with E-state index < -0.39 is 5.41 Å². The number of amides is 2. The van der Waals surface area contributed by atoms with Gasteiger partial charge in [0, 0.05) is 10.9 Å². The van der Waals surface area contributed by atoms with Crippen molar-refractivity contribution in [2.75, 3.05) is 4.90 Å². The highest BCUT2D eigenvalue weighted by Gasteiger charge is 2.51. The summed E-state index contributed by atoms with van der Waals surface area (Å²) in [6.07, 6.45) is 0.250. The number of anilines is 1. The molecule has 102 valence electrons.